The van der Waals surface area contributed by atoms with E-state index < -0.39 is 17.7 Å². The van der Waals surface area contributed by atoms with Gasteiger partial charge in [0.2, 0.25) is 5.89 Å². The molecule has 8 nitrogen and oxygen atoms in total. The highest BCUT2D eigenvalue weighted by Crippen LogP contribution is 2.24. The summed E-state index contributed by atoms with van der Waals surface area (Å²) in [7, 11) is 2.84. The first-order valence-corrected chi connectivity index (χ1v) is 11.3. The molecule has 0 spiro atoms. The molecule has 4 aromatic rings. The summed E-state index contributed by atoms with van der Waals surface area (Å²) in [6, 6.07) is 18.8. The summed E-state index contributed by atoms with van der Waals surface area (Å²) in [5.41, 5.74) is 3.46. The summed E-state index contributed by atoms with van der Waals surface area (Å²) in [5.74, 6) is 0.0262. The van der Waals surface area contributed by atoms with Gasteiger partial charge in [-0.3, -0.25) is 14.6 Å². The molecule has 0 radical (unpaired) electrons. The van der Waals surface area contributed by atoms with Crippen molar-refractivity contribution in [3.05, 3.63) is 95.6 Å². The molecule has 2 bridgehead atoms. The number of carbonyl (C=O) groups is 2. The lowest BCUT2D eigenvalue weighted by Gasteiger charge is -2.13. The van der Waals surface area contributed by atoms with E-state index >= 15 is 0 Å². The molecule has 0 N–H and O–H groups in total. The molecular weight excluding hydrogens is 460 g/mol. The number of ketones is 1. The lowest BCUT2D eigenvalue weighted by molar-refractivity contribution is -0.143. The van der Waals surface area contributed by atoms with Crippen LogP contribution in [0.1, 0.15) is 27.3 Å². The Morgan fingerprint density at radius 1 is 1.06 bits per heavy atom. The lowest BCUT2D eigenvalue weighted by atomic mass is 9.94. The molecule has 1 aliphatic heterocycles. The van der Waals surface area contributed by atoms with Gasteiger partial charge >= 0.3 is 5.97 Å². The third-order valence-electron chi connectivity index (χ3n) is 5.65. The van der Waals surface area contributed by atoms with E-state index in [-0.39, 0.29) is 12.1 Å². The Balaban J connectivity index is 0.000000318. The van der Waals surface area contributed by atoms with Crippen LogP contribution in [0.2, 0.25) is 0 Å². The van der Waals surface area contributed by atoms with E-state index in [1.165, 1.54) is 25.1 Å². The molecule has 5 rings (SSSR count). The molecule has 1 unspecified atom stereocenters. The maximum Gasteiger partial charge on any atom is 0.317 e. The fourth-order valence-corrected chi connectivity index (χ4v) is 3.70. The van der Waals surface area contributed by atoms with Crippen LogP contribution in [0.3, 0.4) is 0 Å². The number of fused-ring (bicyclic) bond motifs is 2. The number of pyridine rings is 1. The summed E-state index contributed by atoms with van der Waals surface area (Å²) < 4.78 is 20.7. The van der Waals surface area contributed by atoms with Crippen LogP contribution in [-0.2, 0) is 22.6 Å². The van der Waals surface area contributed by atoms with Gasteiger partial charge in [-0.15, -0.1) is 0 Å². The molecule has 0 aliphatic carbocycles. The van der Waals surface area contributed by atoms with Gasteiger partial charge in [-0.1, -0.05) is 18.2 Å². The van der Waals surface area contributed by atoms with E-state index in [0.717, 1.165) is 23.7 Å². The molecule has 1 atom stereocenters. The number of methoxy groups -OCH3 is 2. The van der Waals surface area contributed by atoms with Crippen molar-refractivity contribution < 1.29 is 28.2 Å². The number of esters is 1. The van der Waals surface area contributed by atoms with Gasteiger partial charge in [0, 0.05) is 18.2 Å². The van der Waals surface area contributed by atoms with Crippen molar-refractivity contribution in [1.82, 2.24) is 9.97 Å². The molecule has 1 aliphatic rings. The Morgan fingerprint density at radius 2 is 1.86 bits per heavy atom. The van der Waals surface area contributed by atoms with Crippen LogP contribution in [0, 0.1) is 12.8 Å². The maximum atomic E-state index is 12.9. The van der Waals surface area contributed by atoms with Crippen molar-refractivity contribution in [3.63, 3.8) is 0 Å². The van der Waals surface area contributed by atoms with Crippen molar-refractivity contribution in [1.29, 1.82) is 0 Å². The number of carbonyl (C=O) groups excluding carboxylic acids is 2. The second-order valence-corrected chi connectivity index (χ2v) is 8.12. The molecule has 3 heterocycles. The van der Waals surface area contributed by atoms with Crippen LogP contribution < -0.4 is 9.47 Å². The first kappa shape index (κ1) is 24.7. The highest BCUT2D eigenvalue weighted by molar-refractivity contribution is 6.08. The van der Waals surface area contributed by atoms with Gasteiger partial charge in [-0.05, 0) is 60.5 Å². The first-order chi connectivity index (χ1) is 17.5. The van der Waals surface area contributed by atoms with Crippen LogP contribution >= 0.6 is 0 Å². The van der Waals surface area contributed by atoms with Gasteiger partial charge < -0.3 is 18.6 Å². The normalized spacial score (nSPS) is 12.1. The van der Waals surface area contributed by atoms with Gasteiger partial charge in [0.05, 0.1) is 19.9 Å². The highest BCUT2D eigenvalue weighted by atomic mass is 16.5. The lowest BCUT2D eigenvalue weighted by Crippen LogP contribution is -2.29. The number of aromatic nitrogens is 2. The molecule has 0 saturated carbocycles. The molecule has 184 valence electrons. The predicted octanol–water partition coefficient (Wildman–Crippen LogP) is 4.85. The fraction of sp³-hybridized carbons (Fsp3) is 0.214. The van der Waals surface area contributed by atoms with Crippen molar-refractivity contribution >= 4 is 11.8 Å². The summed E-state index contributed by atoms with van der Waals surface area (Å²) in [5, 5.41) is 0. The van der Waals surface area contributed by atoms with Crippen LogP contribution in [0.4, 0.5) is 0 Å². The quantitative estimate of drug-likeness (QED) is 0.208. The van der Waals surface area contributed by atoms with Gasteiger partial charge in [0.15, 0.2) is 5.78 Å². The largest absolute Gasteiger partial charge is 0.497 e. The minimum absolute atomic E-state index is 0.0567. The third kappa shape index (κ3) is 5.78. The van der Waals surface area contributed by atoms with Gasteiger partial charge in [0.25, 0.3) is 0 Å². The van der Waals surface area contributed by atoms with Crippen LogP contribution in [0.15, 0.2) is 77.5 Å². The number of nitrogens with zero attached hydrogens (tertiary/aromatic N) is 2. The van der Waals surface area contributed by atoms with Crippen molar-refractivity contribution in [3.8, 4) is 23.0 Å². The fourth-order valence-electron chi connectivity index (χ4n) is 3.70. The SMILES string of the molecule is COC(=O)C(Cc1coc(-c2ccc(OC)cc2)n1)C(=O)c1ncccc1C.c1cc2cc(c1)OC2. The molecule has 8 heteroatoms. The summed E-state index contributed by atoms with van der Waals surface area (Å²) >= 11 is 0. The predicted molar refractivity (Wildman–Crippen MR) is 132 cm³/mol. The van der Waals surface area contributed by atoms with Crippen molar-refractivity contribution in [2.75, 3.05) is 14.2 Å². The second-order valence-electron chi connectivity index (χ2n) is 8.12. The minimum atomic E-state index is -1.05. The molecule has 0 fully saturated rings. The van der Waals surface area contributed by atoms with Crippen LogP contribution in [-0.4, -0.2) is 35.9 Å². The van der Waals surface area contributed by atoms with Gasteiger partial charge in [-0.2, -0.15) is 0 Å². The molecule has 36 heavy (non-hydrogen) atoms. The third-order valence-corrected chi connectivity index (χ3v) is 5.65. The topological polar surface area (TPSA) is 101 Å². The Kier molecular flexibility index (Phi) is 7.75. The maximum absolute atomic E-state index is 12.9. The number of Topliss-reactive ketones (excluding diaryl/α,β-unsaturated/α-hetero) is 1. The smallest absolute Gasteiger partial charge is 0.317 e. The second kappa shape index (κ2) is 11.3. The number of hydrogen-bond acceptors (Lipinski definition) is 8. The Labute approximate surface area is 208 Å². The average Bonchev–Trinajstić information content (AvgIpc) is 3.52. The Bertz CT molecular complexity index is 1330. The van der Waals surface area contributed by atoms with E-state index in [9.17, 15) is 9.59 Å². The zero-order chi connectivity index (χ0) is 25.5. The molecule has 0 saturated heterocycles. The monoisotopic (exact) mass is 486 g/mol. The number of aryl methyl sites for hydroxylation is 1. The zero-order valence-electron chi connectivity index (χ0n) is 20.3. The standard InChI is InChI=1S/C21H20N2O5.C7H6O/c1-13-5-4-10-22-18(13)19(24)17(21(25)27-3)11-15-12-28-20(23-15)14-6-8-16(26-2)9-7-14;1-2-6-4-7(3-1)8-5-6/h4-10,12,17H,11H2,1-3H3;1-4H,5H2. The van der Waals surface area contributed by atoms with E-state index in [2.05, 4.69) is 22.1 Å². The summed E-state index contributed by atoms with van der Waals surface area (Å²) in [6.45, 7) is 2.54. The van der Waals surface area contributed by atoms with Crippen molar-refractivity contribution in [2.24, 2.45) is 5.92 Å². The van der Waals surface area contributed by atoms with E-state index in [1.54, 1.807) is 38.3 Å². The van der Waals surface area contributed by atoms with Crippen LogP contribution in [0.25, 0.3) is 11.5 Å². The van der Waals surface area contributed by atoms with E-state index in [1.807, 2.05) is 24.3 Å². The summed E-state index contributed by atoms with van der Waals surface area (Å²) in [6.07, 6.45) is 3.02. The number of ether oxygens (including phenoxy) is 3. The van der Waals surface area contributed by atoms with E-state index in [4.69, 9.17) is 18.6 Å². The zero-order valence-corrected chi connectivity index (χ0v) is 20.3. The molecular formula is C28H26N2O6. The van der Waals surface area contributed by atoms with Crippen LogP contribution in [0.5, 0.6) is 11.5 Å². The molecule has 0 amide bonds. The number of benzene rings is 2. The average molecular weight is 487 g/mol. The first-order valence-electron chi connectivity index (χ1n) is 11.3. The number of hydrogen-bond donors (Lipinski definition) is 0. The number of rotatable bonds is 7. The Hall–Kier alpha value is -4.46. The molecule has 2 aromatic carbocycles. The van der Waals surface area contributed by atoms with E-state index in [0.29, 0.717) is 17.1 Å². The number of oxazole rings is 1. The van der Waals surface area contributed by atoms with Gasteiger partial charge in [-0.25, -0.2) is 4.98 Å². The van der Waals surface area contributed by atoms with Gasteiger partial charge in [0.1, 0.15) is 36.0 Å². The minimum Gasteiger partial charge on any atom is -0.497 e. The molecule has 2 aromatic heterocycles. The van der Waals surface area contributed by atoms with Crippen molar-refractivity contribution in [2.45, 2.75) is 20.0 Å². The summed E-state index contributed by atoms with van der Waals surface area (Å²) in [4.78, 5) is 33.6. The highest BCUT2D eigenvalue weighted by Gasteiger charge is 2.31. The Morgan fingerprint density at radius 3 is 2.53 bits per heavy atom.